The monoisotopic (exact) mass is 291 g/mol. The number of aromatic nitrogens is 2. The third-order valence-corrected chi connectivity index (χ3v) is 4.23. The Kier molecular flexibility index (Phi) is 3.81. The van der Waals surface area contributed by atoms with E-state index >= 15 is 0 Å². The van der Waals surface area contributed by atoms with Gasteiger partial charge in [-0.1, -0.05) is 12.8 Å². The number of urea groups is 1. The molecule has 0 saturated heterocycles. The average Bonchev–Trinajstić information content (AvgIpc) is 3.16. The van der Waals surface area contributed by atoms with Crippen LogP contribution in [0, 0.1) is 5.92 Å². The van der Waals surface area contributed by atoms with Gasteiger partial charge < -0.3 is 15.5 Å². The van der Waals surface area contributed by atoms with Gasteiger partial charge >= 0.3 is 6.03 Å². The summed E-state index contributed by atoms with van der Waals surface area (Å²) in [7, 11) is 0. The molecule has 7 heteroatoms. The first-order valence-corrected chi connectivity index (χ1v) is 7.58. The van der Waals surface area contributed by atoms with Crippen molar-refractivity contribution in [2.75, 3.05) is 11.9 Å². The summed E-state index contributed by atoms with van der Waals surface area (Å²) >= 11 is 0. The molecule has 114 valence electrons. The highest BCUT2D eigenvalue weighted by Gasteiger charge is 2.30. The van der Waals surface area contributed by atoms with E-state index in [1.165, 1.54) is 0 Å². The van der Waals surface area contributed by atoms with Crippen molar-refractivity contribution in [1.29, 1.82) is 0 Å². The average molecular weight is 291 g/mol. The maximum absolute atomic E-state index is 12.2. The predicted molar refractivity (Wildman–Crippen MR) is 77.5 cm³/mol. The van der Waals surface area contributed by atoms with Crippen molar-refractivity contribution in [2.24, 2.45) is 5.92 Å². The number of aromatic amines is 1. The Morgan fingerprint density at radius 2 is 2.10 bits per heavy atom. The highest BCUT2D eigenvalue weighted by molar-refractivity contribution is 5.92. The number of nitrogens with zero attached hydrogens (tertiary/aromatic N) is 2. The molecule has 0 aromatic carbocycles. The van der Waals surface area contributed by atoms with E-state index in [4.69, 9.17) is 0 Å². The van der Waals surface area contributed by atoms with E-state index < -0.39 is 0 Å². The van der Waals surface area contributed by atoms with Crippen molar-refractivity contribution in [2.45, 2.75) is 45.7 Å². The van der Waals surface area contributed by atoms with Gasteiger partial charge in [0, 0.05) is 18.0 Å². The van der Waals surface area contributed by atoms with Crippen LogP contribution < -0.4 is 10.6 Å². The SMILES string of the molecule is CCNC(=O)N1Cc2[nH]nc(NC(=O)C3CCCC3)c2C1. The van der Waals surface area contributed by atoms with Crippen LogP contribution in [0.15, 0.2) is 0 Å². The second-order valence-electron chi connectivity index (χ2n) is 5.69. The molecule has 0 radical (unpaired) electrons. The van der Waals surface area contributed by atoms with Gasteiger partial charge in [0.1, 0.15) is 0 Å². The summed E-state index contributed by atoms with van der Waals surface area (Å²) in [4.78, 5) is 25.7. The molecule has 0 spiro atoms. The predicted octanol–water partition coefficient (Wildman–Crippen LogP) is 1.58. The smallest absolute Gasteiger partial charge is 0.318 e. The molecule has 3 rings (SSSR count). The number of rotatable bonds is 3. The molecule has 3 amide bonds. The molecule has 1 fully saturated rings. The molecule has 1 aromatic rings. The van der Waals surface area contributed by atoms with Crippen LogP contribution in [0.5, 0.6) is 0 Å². The number of fused-ring (bicyclic) bond motifs is 1. The lowest BCUT2D eigenvalue weighted by molar-refractivity contribution is -0.119. The maximum Gasteiger partial charge on any atom is 0.318 e. The summed E-state index contributed by atoms with van der Waals surface area (Å²) in [6.07, 6.45) is 4.18. The van der Waals surface area contributed by atoms with Gasteiger partial charge in [0.15, 0.2) is 5.82 Å². The minimum absolute atomic E-state index is 0.0539. The second kappa shape index (κ2) is 5.75. The molecule has 0 bridgehead atoms. The molecule has 21 heavy (non-hydrogen) atoms. The molecule has 1 aliphatic heterocycles. The topological polar surface area (TPSA) is 90.1 Å². The second-order valence-corrected chi connectivity index (χ2v) is 5.69. The van der Waals surface area contributed by atoms with Gasteiger partial charge in [-0.3, -0.25) is 9.89 Å². The number of hydrogen-bond donors (Lipinski definition) is 3. The normalized spacial score (nSPS) is 17.9. The van der Waals surface area contributed by atoms with E-state index in [-0.39, 0.29) is 17.9 Å². The van der Waals surface area contributed by atoms with Crippen molar-refractivity contribution in [3.63, 3.8) is 0 Å². The lowest BCUT2D eigenvalue weighted by Crippen LogP contribution is -2.36. The zero-order chi connectivity index (χ0) is 14.8. The molecular formula is C14H21N5O2. The van der Waals surface area contributed by atoms with Gasteiger partial charge in [0.2, 0.25) is 5.91 Å². The van der Waals surface area contributed by atoms with Crippen molar-refractivity contribution < 1.29 is 9.59 Å². The van der Waals surface area contributed by atoms with E-state index in [1.54, 1.807) is 4.90 Å². The Bertz CT molecular complexity index is 548. The van der Waals surface area contributed by atoms with Crippen LogP contribution in [0.1, 0.15) is 43.9 Å². The summed E-state index contributed by atoms with van der Waals surface area (Å²) < 4.78 is 0. The van der Waals surface area contributed by atoms with E-state index in [0.717, 1.165) is 36.9 Å². The number of anilines is 1. The highest BCUT2D eigenvalue weighted by atomic mass is 16.2. The minimum atomic E-state index is -0.0878. The third kappa shape index (κ3) is 2.72. The molecule has 3 N–H and O–H groups in total. The first-order chi connectivity index (χ1) is 10.2. The molecule has 0 atom stereocenters. The van der Waals surface area contributed by atoms with Gasteiger partial charge in [-0.25, -0.2) is 4.79 Å². The summed E-state index contributed by atoms with van der Waals surface area (Å²) in [5.41, 5.74) is 1.83. The largest absolute Gasteiger partial charge is 0.338 e. The Labute approximate surface area is 123 Å². The minimum Gasteiger partial charge on any atom is -0.338 e. The Hall–Kier alpha value is -2.05. The zero-order valence-electron chi connectivity index (χ0n) is 12.2. The lowest BCUT2D eigenvalue weighted by atomic mass is 10.1. The summed E-state index contributed by atoms with van der Waals surface area (Å²) in [6, 6.07) is -0.0878. The highest BCUT2D eigenvalue weighted by Crippen LogP contribution is 2.29. The number of carbonyl (C=O) groups excluding carboxylic acids is 2. The van der Waals surface area contributed by atoms with Crippen molar-refractivity contribution in [3.05, 3.63) is 11.3 Å². The fourth-order valence-electron chi connectivity index (χ4n) is 3.06. The van der Waals surface area contributed by atoms with Crippen molar-refractivity contribution in [3.8, 4) is 0 Å². The first kappa shape index (κ1) is 13.9. The molecule has 2 heterocycles. The first-order valence-electron chi connectivity index (χ1n) is 7.58. The number of hydrogen-bond acceptors (Lipinski definition) is 3. The van der Waals surface area contributed by atoms with Crippen LogP contribution in [0.25, 0.3) is 0 Å². The Morgan fingerprint density at radius 1 is 1.33 bits per heavy atom. The fraction of sp³-hybridized carbons (Fsp3) is 0.643. The summed E-state index contributed by atoms with van der Waals surface area (Å²) in [6.45, 7) is 3.49. The van der Waals surface area contributed by atoms with Crippen LogP contribution >= 0.6 is 0 Å². The van der Waals surface area contributed by atoms with Crippen LogP contribution in [0.4, 0.5) is 10.6 Å². The van der Waals surface area contributed by atoms with Crippen molar-refractivity contribution >= 4 is 17.8 Å². The van der Waals surface area contributed by atoms with Gasteiger partial charge in [-0.05, 0) is 19.8 Å². The lowest BCUT2D eigenvalue weighted by Gasteiger charge is -2.16. The number of H-pyrrole nitrogens is 1. The molecule has 1 aromatic heterocycles. The molecular weight excluding hydrogens is 270 g/mol. The van der Waals surface area contributed by atoms with Crippen molar-refractivity contribution in [1.82, 2.24) is 20.4 Å². The quantitative estimate of drug-likeness (QED) is 0.789. The van der Waals surface area contributed by atoms with Gasteiger partial charge in [-0.2, -0.15) is 5.10 Å². The standard InChI is InChI=1S/C14H21N5O2/c1-2-15-14(21)19-7-10-11(8-19)17-18-12(10)16-13(20)9-5-3-4-6-9/h9H,2-8H2,1H3,(H,15,21)(H2,16,17,18,20). The van der Waals surface area contributed by atoms with E-state index in [2.05, 4.69) is 20.8 Å². The molecule has 2 aliphatic rings. The molecule has 1 aliphatic carbocycles. The molecule has 0 unspecified atom stereocenters. The van der Waals surface area contributed by atoms with E-state index in [1.807, 2.05) is 6.92 Å². The van der Waals surface area contributed by atoms with Gasteiger partial charge in [0.05, 0.1) is 18.8 Å². The number of amides is 3. The van der Waals surface area contributed by atoms with Crippen LogP contribution in [-0.2, 0) is 17.9 Å². The summed E-state index contributed by atoms with van der Waals surface area (Å²) in [5.74, 6) is 0.741. The summed E-state index contributed by atoms with van der Waals surface area (Å²) in [5, 5.41) is 12.8. The fourth-order valence-corrected chi connectivity index (χ4v) is 3.06. The maximum atomic E-state index is 12.2. The Morgan fingerprint density at radius 3 is 2.81 bits per heavy atom. The third-order valence-electron chi connectivity index (χ3n) is 4.23. The zero-order valence-corrected chi connectivity index (χ0v) is 12.2. The Balaban J connectivity index is 1.65. The van der Waals surface area contributed by atoms with Gasteiger partial charge in [0.25, 0.3) is 0 Å². The van der Waals surface area contributed by atoms with Crippen LogP contribution in [0.3, 0.4) is 0 Å². The molecule has 7 nitrogen and oxygen atoms in total. The van der Waals surface area contributed by atoms with Crippen LogP contribution in [-0.4, -0.2) is 33.6 Å². The van der Waals surface area contributed by atoms with E-state index in [0.29, 0.717) is 25.5 Å². The number of nitrogens with one attached hydrogen (secondary N) is 3. The van der Waals surface area contributed by atoms with Crippen LogP contribution in [0.2, 0.25) is 0 Å². The van der Waals surface area contributed by atoms with Gasteiger partial charge in [-0.15, -0.1) is 0 Å². The molecule has 1 saturated carbocycles. The van der Waals surface area contributed by atoms with E-state index in [9.17, 15) is 9.59 Å². The number of carbonyl (C=O) groups is 2.